The average Bonchev–Trinajstić information content (AvgIpc) is 3.06. The Kier molecular flexibility index (Phi) is 8.18. The van der Waals surface area contributed by atoms with Crippen LogP contribution in [0.2, 0.25) is 0 Å². The molecule has 45 heavy (non-hydrogen) atoms. The Morgan fingerprint density at radius 2 is 1.00 bits per heavy atom. The van der Waals surface area contributed by atoms with Gasteiger partial charge < -0.3 is 36.3 Å². The summed E-state index contributed by atoms with van der Waals surface area (Å²) in [6, 6.07) is 31.1. The van der Waals surface area contributed by atoms with Crippen molar-refractivity contribution in [1.29, 1.82) is 0 Å². The number of phenols is 1. The predicted octanol–water partition coefficient (Wildman–Crippen LogP) is 6.53. The molecule has 0 saturated carbocycles. The van der Waals surface area contributed by atoms with Crippen LogP contribution in [0.3, 0.4) is 0 Å². The SMILES string of the molecule is COc1ccc(Nc2nc(Nc3ccc(OC)cc3)nc(Nc3ccc(-c4cc(-c5ccccc5O)nc(N)n4)cc3)n2)cc1. The lowest BCUT2D eigenvalue weighted by atomic mass is 10.1. The zero-order valence-electron chi connectivity index (χ0n) is 24.4. The Hall–Kier alpha value is -6.43. The van der Waals surface area contributed by atoms with Crippen LogP contribution in [0, 0.1) is 0 Å². The number of nitrogens with zero attached hydrogens (tertiary/aromatic N) is 5. The van der Waals surface area contributed by atoms with Crippen molar-refractivity contribution in [3.63, 3.8) is 0 Å². The van der Waals surface area contributed by atoms with Crippen LogP contribution < -0.4 is 31.2 Å². The van der Waals surface area contributed by atoms with Crippen molar-refractivity contribution in [3.05, 3.63) is 103 Å². The van der Waals surface area contributed by atoms with Crippen molar-refractivity contribution in [2.45, 2.75) is 0 Å². The fourth-order valence-corrected chi connectivity index (χ4v) is 4.45. The molecule has 0 aliphatic carbocycles. The third-order valence-electron chi connectivity index (χ3n) is 6.69. The summed E-state index contributed by atoms with van der Waals surface area (Å²) in [7, 11) is 3.24. The molecule has 2 aromatic heterocycles. The number of benzene rings is 4. The molecule has 0 amide bonds. The summed E-state index contributed by atoms with van der Waals surface area (Å²) in [5.74, 6) is 2.67. The lowest BCUT2D eigenvalue weighted by molar-refractivity contribution is 0.415. The van der Waals surface area contributed by atoms with Gasteiger partial charge in [0.2, 0.25) is 23.8 Å². The highest BCUT2D eigenvalue weighted by atomic mass is 16.5. The van der Waals surface area contributed by atoms with E-state index in [1.807, 2.05) is 78.9 Å². The molecule has 0 spiro atoms. The topological polar surface area (TPSA) is 165 Å². The zero-order chi connectivity index (χ0) is 31.2. The van der Waals surface area contributed by atoms with Crippen LogP contribution in [-0.2, 0) is 0 Å². The lowest BCUT2D eigenvalue weighted by Crippen LogP contribution is -2.07. The first-order valence-corrected chi connectivity index (χ1v) is 13.8. The summed E-state index contributed by atoms with van der Waals surface area (Å²) >= 11 is 0. The van der Waals surface area contributed by atoms with Crippen LogP contribution in [0.1, 0.15) is 0 Å². The number of nitrogen functional groups attached to an aromatic ring is 1. The van der Waals surface area contributed by atoms with Gasteiger partial charge in [-0.1, -0.05) is 24.3 Å². The quantitative estimate of drug-likeness (QED) is 0.116. The number of aromatic hydroxyl groups is 1. The minimum atomic E-state index is 0.104. The second kappa shape index (κ2) is 12.8. The highest BCUT2D eigenvalue weighted by Gasteiger charge is 2.12. The first-order chi connectivity index (χ1) is 21.9. The van der Waals surface area contributed by atoms with Gasteiger partial charge in [0.15, 0.2) is 0 Å². The summed E-state index contributed by atoms with van der Waals surface area (Å²) in [6.07, 6.45) is 0. The molecule has 6 rings (SSSR count). The molecule has 0 aliphatic rings. The first kappa shape index (κ1) is 28.7. The van der Waals surface area contributed by atoms with Crippen molar-refractivity contribution in [1.82, 2.24) is 24.9 Å². The molecular weight excluding hydrogens is 570 g/mol. The number of para-hydroxylation sites is 1. The standard InChI is InChI=1S/C33H29N9O3/c1-44-24-15-11-22(12-16-24)36-32-40-31(41-33(42-32)37-23-13-17-25(45-2)18-14-23)35-21-9-7-20(8-10-21)27-19-28(39-30(34)38-27)26-5-3-4-6-29(26)43/h3-19,43H,1-2H3,(H2,34,38,39)(H3,35,36,37,40,41,42). The normalized spacial score (nSPS) is 10.6. The van der Waals surface area contributed by atoms with Gasteiger partial charge in [-0.3, -0.25) is 0 Å². The van der Waals surface area contributed by atoms with E-state index in [2.05, 4.69) is 40.9 Å². The van der Waals surface area contributed by atoms with Gasteiger partial charge in [0.1, 0.15) is 17.2 Å². The second-order valence-corrected chi connectivity index (χ2v) is 9.73. The molecule has 2 heterocycles. The Balaban J connectivity index is 1.26. The van der Waals surface area contributed by atoms with Crippen molar-refractivity contribution >= 4 is 40.9 Å². The predicted molar refractivity (Wildman–Crippen MR) is 175 cm³/mol. The Morgan fingerprint density at radius 1 is 0.556 bits per heavy atom. The van der Waals surface area contributed by atoms with Gasteiger partial charge >= 0.3 is 0 Å². The van der Waals surface area contributed by atoms with Crippen LogP contribution in [0.4, 0.5) is 40.9 Å². The van der Waals surface area contributed by atoms with Crippen LogP contribution in [0.15, 0.2) is 103 Å². The maximum Gasteiger partial charge on any atom is 0.233 e. The number of anilines is 7. The molecule has 6 aromatic rings. The van der Waals surface area contributed by atoms with Gasteiger partial charge in [-0.15, -0.1) is 0 Å². The van der Waals surface area contributed by atoms with Crippen molar-refractivity contribution < 1.29 is 14.6 Å². The van der Waals surface area contributed by atoms with Crippen LogP contribution in [0.25, 0.3) is 22.5 Å². The summed E-state index contributed by atoms with van der Waals surface area (Å²) < 4.78 is 10.5. The summed E-state index contributed by atoms with van der Waals surface area (Å²) in [5.41, 5.74) is 10.8. The molecule has 0 atom stereocenters. The fraction of sp³-hybridized carbons (Fsp3) is 0.0606. The molecule has 4 aromatic carbocycles. The highest BCUT2D eigenvalue weighted by molar-refractivity contribution is 5.74. The molecule has 12 nitrogen and oxygen atoms in total. The van der Waals surface area contributed by atoms with Crippen molar-refractivity contribution in [3.8, 4) is 39.8 Å². The number of ether oxygens (including phenoxy) is 2. The monoisotopic (exact) mass is 599 g/mol. The molecule has 0 aliphatic heterocycles. The van der Waals surface area contributed by atoms with E-state index in [0.29, 0.717) is 34.8 Å². The van der Waals surface area contributed by atoms with E-state index in [0.717, 1.165) is 34.1 Å². The number of nitrogens with one attached hydrogen (secondary N) is 3. The average molecular weight is 600 g/mol. The number of hydrogen-bond acceptors (Lipinski definition) is 12. The van der Waals surface area contributed by atoms with E-state index in [-0.39, 0.29) is 11.7 Å². The number of aromatic nitrogens is 5. The zero-order valence-corrected chi connectivity index (χ0v) is 24.4. The van der Waals surface area contributed by atoms with Crippen molar-refractivity contribution in [2.24, 2.45) is 0 Å². The fourth-order valence-electron chi connectivity index (χ4n) is 4.45. The van der Waals surface area contributed by atoms with Gasteiger partial charge in [0.25, 0.3) is 0 Å². The van der Waals surface area contributed by atoms with Crippen molar-refractivity contribution in [2.75, 3.05) is 35.9 Å². The van der Waals surface area contributed by atoms with Crippen LogP contribution in [-0.4, -0.2) is 44.2 Å². The Labute approximate surface area is 259 Å². The minimum absolute atomic E-state index is 0.104. The molecule has 0 saturated heterocycles. The van der Waals surface area contributed by atoms with Gasteiger partial charge in [0, 0.05) is 28.2 Å². The number of nitrogens with two attached hydrogens (primary N) is 1. The summed E-state index contributed by atoms with van der Waals surface area (Å²) in [5, 5.41) is 20.0. The van der Waals surface area contributed by atoms with E-state index in [9.17, 15) is 5.11 Å². The molecule has 6 N–H and O–H groups in total. The molecule has 0 radical (unpaired) electrons. The molecular formula is C33H29N9O3. The third kappa shape index (κ3) is 6.97. The molecule has 12 heteroatoms. The lowest BCUT2D eigenvalue weighted by Gasteiger charge is -2.12. The highest BCUT2D eigenvalue weighted by Crippen LogP contribution is 2.31. The summed E-state index contributed by atoms with van der Waals surface area (Å²) in [4.78, 5) is 22.4. The molecule has 224 valence electrons. The minimum Gasteiger partial charge on any atom is -0.507 e. The van der Waals surface area contributed by atoms with E-state index in [1.54, 1.807) is 38.5 Å². The van der Waals surface area contributed by atoms with Gasteiger partial charge in [-0.05, 0) is 78.9 Å². The Morgan fingerprint density at radius 3 is 1.47 bits per heavy atom. The van der Waals surface area contributed by atoms with Gasteiger partial charge in [-0.2, -0.15) is 15.0 Å². The maximum atomic E-state index is 10.3. The van der Waals surface area contributed by atoms with E-state index < -0.39 is 0 Å². The summed E-state index contributed by atoms with van der Waals surface area (Å²) in [6.45, 7) is 0. The number of rotatable bonds is 10. The number of phenolic OH excluding ortho intramolecular Hbond substituents is 1. The maximum absolute atomic E-state index is 10.3. The van der Waals surface area contributed by atoms with E-state index in [1.165, 1.54) is 0 Å². The number of hydrogen-bond donors (Lipinski definition) is 5. The molecule has 0 bridgehead atoms. The number of methoxy groups -OCH3 is 2. The smallest absolute Gasteiger partial charge is 0.233 e. The Bertz CT molecular complexity index is 1850. The third-order valence-corrected chi connectivity index (χ3v) is 6.69. The second-order valence-electron chi connectivity index (χ2n) is 9.73. The molecule has 0 unspecified atom stereocenters. The van der Waals surface area contributed by atoms with Gasteiger partial charge in [-0.25, -0.2) is 9.97 Å². The van der Waals surface area contributed by atoms with Crippen LogP contribution in [0.5, 0.6) is 17.2 Å². The largest absolute Gasteiger partial charge is 0.507 e. The van der Waals surface area contributed by atoms with Crippen LogP contribution >= 0.6 is 0 Å². The van der Waals surface area contributed by atoms with E-state index in [4.69, 9.17) is 15.2 Å². The van der Waals surface area contributed by atoms with E-state index >= 15 is 0 Å². The first-order valence-electron chi connectivity index (χ1n) is 13.8. The van der Waals surface area contributed by atoms with Gasteiger partial charge in [0.05, 0.1) is 25.6 Å². The molecule has 0 fully saturated rings.